The molecule has 2 unspecified atom stereocenters. The summed E-state index contributed by atoms with van der Waals surface area (Å²) in [6.07, 6.45) is 7.98. The Hall–Kier alpha value is -0.870. The van der Waals surface area contributed by atoms with E-state index in [4.69, 9.17) is 9.47 Å². The smallest absolute Gasteiger partial charge is 0.231 e. The Labute approximate surface area is 123 Å². The molecule has 0 spiro atoms. The monoisotopic (exact) mass is 294 g/mol. The van der Waals surface area contributed by atoms with Crippen LogP contribution in [-0.2, 0) is 11.2 Å². The Morgan fingerprint density at radius 2 is 2.15 bits per heavy atom. The number of benzene rings is 1. The molecule has 2 atom stereocenters. The zero-order valence-corrected chi connectivity index (χ0v) is 13.0. The first kappa shape index (κ1) is 14.1. The molecule has 3 nitrogen and oxygen atoms in total. The van der Waals surface area contributed by atoms with Crippen LogP contribution in [0.3, 0.4) is 0 Å². The van der Waals surface area contributed by atoms with Crippen molar-refractivity contribution in [3.63, 3.8) is 0 Å². The summed E-state index contributed by atoms with van der Waals surface area (Å²) < 4.78 is 23.2. The highest BCUT2D eigenvalue weighted by Crippen LogP contribution is 2.47. The third-order valence-electron chi connectivity index (χ3n) is 4.20. The first-order valence-corrected chi connectivity index (χ1v) is 9.02. The Morgan fingerprint density at radius 3 is 2.80 bits per heavy atom. The Morgan fingerprint density at radius 1 is 1.35 bits per heavy atom. The molecule has 1 aliphatic carbocycles. The highest BCUT2D eigenvalue weighted by molar-refractivity contribution is 7.90. The van der Waals surface area contributed by atoms with Crippen molar-refractivity contribution in [2.75, 3.05) is 13.0 Å². The molecule has 1 saturated carbocycles. The zero-order valence-electron chi connectivity index (χ0n) is 12.2. The predicted octanol–water partition coefficient (Wildman–Crippen LogP) is 3.84. The highest BCUT2D eigenvalue weighted by Gasteiger charge is 2.33. The third-order valence-corrected chi connectivity index (χ3v) is 5.20. The molecular formula is C16H22O3S. The Bertz CT molecular complexity index is 483. The van der Waals surface area contributed by atoms with Gasteiger partial charge in [0.2, 0.25) is 17.4 Å². The quantitative estimate of drug-likeness (QED) is 0.749. The minimum Gasteiger partial charge on any atom is -0.612 e. The third kappa shape index (κ3) is 2.77. The SMILES string of the molecule is CCCC(CC1CC1)c1ccc2c(c1[S+](C)[O-])OCO2. The van der Waals surface area contributed by atoms with Gasteiger partial charge in [-0.25, -0.2) is 0 Å². The van der Waals surface area contributed by atoms with Crippen molar-refractivity contribution < 1.29 is 14.0 Å². The van der Waals surface area contributed by atoms with Crippen LogP contribution in [0.2, 0.25) is 0 Å². The van der Waals surface area contributed by atoms with Gasteiger partial charge in [0.1, 0.15) is 6.26 Å². The second-order valence-electron chi connectivity index (χ2n) is 5.84. The molecule has 0 saturated heterocycles. The number of hydrogen-bond acceptors (Lipinski definition) is 3. The maximum atomic E-state index is 12.2. The summed E-state index contributed by atoms with van der Waals surface area (Å²) in [5, 5.41) is 0. The summed E-state index contributed by atoms with van der Waals surface area (Å²) in [5.41, 5.74) is 1.21. The van der Waals surface area contributed by atoms with Gasteiger partial charge in [0.15, 0.2) is 5.75 Å². The van der Waals surface area contributed by atoms with Crippen LogP contribution in [0.1, 0.15) is 50.5 Å². The molecule has 2 aliphatic rings. The fraction of sp³-hybridized carbons (Fsp3) is 0.625. The van der Waals surface area contributed by atoms with E-state index in [1.807, 2.05) is 6.07 Å². The van der Waals surface area contributed by atoms with Gasteiger partial charge in [0.25, 0.3) is 0 Å². The summed E-state index contributed by atoms with van der Waals surface area (Å²) in [7, 11) is 0. The van der Waals surface area contributed by atoms with Gasteiger partial charge in [-0.05, 0) is 48.0 Å². The van der Waals surface area contributed by atoms with Gasteiger partial charge in [-0.1, -0.05) is 26.2 Å². The lowest BCUT2D eigenvalue weighted by Gasteiger charge is -2.20. The minimum atomic E-state index is -1.05. The number of ether oxygens (including phenoxy) is 2. The Kier molecular flexibility index (Phi) is 4.13. The molecule has 1 aromatic carbocycles. The van der Waals surface area contributed by atoms with Crippen LogP contribution in [0.25, 0.3) is 0 Å². The van der Waals surface area contributed by atoms with E-state index in [-0.39, 0.29) is 6.79 Å². The van der Waals surface area contributed by atoms with Crippen LogP contribution in [-0.4, -0.2) is 17.6 Å². The van der Waals surface area contributed by atoms with Crippen LogP contribution >= 0.6 is 0 Å². The van der Waals surface area contributed by atoms with Gasteiger partial charge in [-0.2, -0.15) is 0 Å². The molecule has 1 aromatic rings. The molecule has 110 valence electrons. The van der Waals surface area contributed by atoms with Gasteiger partial charge in [-0.3, -0.25) is 0 Å². The van der Waals surface area contributed by atoms with Crippen molar-refractivity contribution in [3.05, 3.63) is 17.7 Å². The molecule has 1 fully saturated rings. The average Bonchev–Trinajstić information content (AvgIpc) is 3.11. The first-order chi connectivity index (χ1) is 9.70. The van der Waals surface area contributed by atoms with E-state index in [2.05, 4.69) is 13.0 Å². The van der Waals surface area contributed by atoms with E-state index in [0.29, 0.717) is 11.7 Å². The van der Waals surface area contributed by atoms with Gasteiger partial charge in [0.05, 0.1) is 0 Å². The molecule has 3 rings (SSSR count). The van der Waals surface area contributed by atoms with E-state index >= 15 is 0 Å². The van der Waals surface area contributed by atoms with Gasteiger partial charge in [-0.15, -0.1) is 0 Å². The second-order valence-corrected chi connectivity index (χ2v) is 7.15. The van der Waals surface area contributed by atoms with Crippen LogP contribution in [0.5, 0.6) is 11.5 Å². The molecule has 0 aromatic heterocycles. The van der Waals surface area contributed by atoms with E-state index in [0.717, 1.165) is 29.4 Å². The molecule has 0 N–H and O–H groups in total. The summed E-state index contributed by atoms with van der Waals surface area (Å²) in [6.45, 7) is 2.46. The Balaban J connectivity index is 1.97. The van der Waals surface area contributed by atoms with E-state index < -0.39 is 11.2 Å². The summed E-state index contributed by atoms with van der Waals surface area (Å²) in [4.78, 5) is 0.860. The van der Waals surface area contributed by atoms with Crippen molar-refractivity contribution in [1.82, 2.24) is 0 Å². The van der Waals surface area contributed by atoms with E-state index in [9.17, 15) is 4.55 Å². The lowest BCUT2D eigenvalue weighted by molar-refractivity contribution is 0.172. The summed E-state index contributed by atoms with van der Waals surface area (Å²) >= 11 is -1.05. The molecule has 0 radical (unpaired) electrons. The van der Waals surface area contributed by atoms with Gasteiger partial charge < -0.3 is 14.0 Å². The topological polar surface area (TPSA) is 41.5 Å². The van der Waals surface area contributed by atoms with Crippen molar-refractivity contribution in [1.29, 1.82) is 0 Å². The standard InChI is InChI=1S/C16H22O3S/c1-3-4-12(9-11-5-6-11)13-7-8-14-15(19-10-18-14)16(13)20(2)17/h7-8,11-12H,3-6,9-10H2,1-2H3. The van der Waals surface area contributed by atoms with Crippen molar-refractivity contribution in [2.24, 2.45) is 5.92 Å². The lowest BCUT2D eigenvalue weighted by Crippen LogP contribution is -2.09. The molecule has 0 bridgehead atoms. The van der Waals surface area contributed by atoms with Gasteiger partial charge in [0, 0.05) is 5.56 Å². The lowest BCUT2D eigenvalue weighted by atomic mass is 9.89. The van der Waals surface area contributed by atoms with E-state index in [1.165, 1.54) is 24.8 Å². The maximum Gasteiger partial charge on any atom is 0.231 e. The van der Waals surface area contributed by atoms with Crippen LogP contribution in [0.15, 0.2) is 17.0 Å². The predicted molar refractivity (Wildman–Crippen MR) is 79.9 cm³/mol. The molecule has 20 heavy (non-hydrogen) atoms. The average molecular weight is 294 g/mol. The molecule has 0 amide bonds. The normalized spacial score (nSPS) is 19.9. The van der Waals surface area contributed by atoms with Crippen molar-refractivity contribution in [3.8, 4) is 11.5 Å². The first-order valence-electron chi connectivity index (χ1n) is 7.46. The highest BCUT2D eigenvalue weighted by atomic mass is 32.2. The van der Waals surface area contributed by atoms with Crippen molar-refractivity contribution >= 4 is 11.2 Å². The maximum absolute atomic E-state index is 12.2. The molecular weight excluding hydrogens is 272 g/mol. The van der Waals surface area contributed by atoms with Gasteiger partial charge >= 0.3 is 0 Å². The minimum absolute atomic E-state index is 0.240. The number of rotatable bonds is 6. The largest absolute Gasteiger partial charge is 0.612 e. The van der Waals surface area contributed by atoms with E-state index in [1.54, 1.807) is 6.26 Å². The van der Waals surface area contributed by atoms with Crippen LogP contribution in [0.4, 0.5) is 0 Å². The van der Waals surface area contributed by atoms with Crippen molar-refractivity contribution in [2.45, 2.75) is 49.8 Å². The fourth-order valence-corrected chi connectivity index (χ4v) is 4.07. The zero-order chi connectivity index (χ0) is 14.1. The fourth-order valence-electron chi connectivity index (χ4n) is 3.08. The van der Waals surface area contributed by atoms with Crippen LogP contribution in [0, 0.1) is 5.92 Å². The molecule has 4 heteroatoms. The second kappa shape index (κ2) is 5.86. The summed E-state index contributed by atoms with van der Waals surface area (Å²) in [5.74, 6) is 2.82. The number of fused-ring (bicyclic) bond motifs is 1. The summed E-state index contributed by atoms with van der Waals surface area (Å²) in [6, 6.07) is 4.08. The molecule has 1 heterocycles. The molecule has 1 aliphatic heterocycles. The van der Waals surface area contributed by atoms with Crippen LogP contribution < -0.4 is 9.47 Å². The number of hydrogen-bond donors (Lipinski definition) is 0.